The van der Waals surface area contributed by atoms with E-state index in [1.165, 1.54) is 42.3 Å². The van der Waals surface area contributed by atoms with Gasteiger partial charge in [0.2, 0.25) is 0 Å². The average molecular weight is 216 g/mol. The largest absolute Gasteiger partial charge is 0.385 e. The van der Waals surface area contributed by atoms with Crippen LogP contribution in [-0.2, 0) is 0 Å². The third-order valence-electron chi connectivity index (χ3n) is 2.91. The molecule has 2 rings (SSSR count). The summed E-state index contributed by atoms with van der Waals surface area (Å²) in [5.41, 5.74) is 2.43. The van der Waals surface area contributed by atoms with Gasteiger partial charge in [-0.2, -0.15) is 0 Å². The zero-order chi connectivity index (χ0) is 11.2. The number of H-pyrrole nitrogens is 1. The third-order valence-corrected chi connectivity index (χ3v) is 2.91. The van der Waals surface area contributed by atoms with E-state index in [0.717, 1.165) is 6.54 Å². The number of fused-ring (bicyclic) bond motifs is 1. The number of unbranched alkanes of at least 4 members (excludes halogenated alkanes) is 3. The molecular formula is C14H20N2. The topological polar surface area (TPSA) is 27.8 Å². The Kier molecular flexibility index (Phi) is 3.86. The highest BCUT2D eigenvalue weighted by Gasteiger charge is 1.96. The zero-order valence-corrected chi connectivity index (χ0v) is 9.92. The summed E-state index contributed by atoms with van der Waals surface area (Å²) in [7, 11) is 0. The molecule has 86 valence electrons. The molecule has 0 unspecified atom stereocenters. The number of rotatable bonds is 6. The van der Waals surface area contributed by atoms with Crippen molar-refractivity contribution in [2.75, 3.05) is 11.9 Å². The maximum atomic E-state index is 3.47. The summed E-state index contributed by atoms with van der Waals surface area (Å²) in [4.78, 5) is 3.20. The van der Waals surface area contributed by atoms with E-state index in [2.05, 4.69) is 41.5 Å². The molecule has 0 fully saturated rings. The van der Waals surface area contributed by atoms with Crippen molar-refractivity contribution in [1.82, 2.24) is 4.98 Å². The number of benzene rings is 1. The fourth-order valence-electron chi connectivity index (χ4n) is 1.95. The van der Waals surface area contributed by atoms with Crippen LogP contribution in [0, 0.1) is 0 Å². The molecule has 2 heteroatoms. The second-order valence-electron chi connectivity index (χ2n) is 4.27. The highest BCUT2D eigenvalue weighted by Crippen LogP contribution is 2.17. The lowest BCUT2D eigenvalue weighted by Crippen LogP contribution is -2.00. The monoisotopic (exact) mass is 216 g/mol. The second kappa shape index (κ2) is 5.59. The molecule has 0 bridgehead atoms. The molecule has 0 radical (unpaired) electrons. The first-order chi connectivity index (χ1) is 7.90. The molecule has 0 aliphatic rings. The summed E-state index contributed by atoms with van der Waals surface area (Å²) < 4.78 is 0. The van der Waals surface area contributed by atoms with Gasteiger partial charge >= 0.3 is 0 Å². The minimum absolute atomic E-state index is 1.08. The maximum Gasteiger partial charge on any atom is 0.0455 e. The fraction of sp³-hybridized carbons (Fsp3) is 0.429. The smallest absolute Gasteiger partial charge is 0.0455 e. The molecule has 0 amide bonds. The van der Waals surface area contributed by atoms with Crippen molar-refractivity contribution in [1.29, 1.82) is 0 Å². The number of hydrogen-bond donors (Lipinski definition) is 2. The SMILES string of the molecule is CCCCCCNc1ccc2[nH]ccc2c1. The van der Waals surface area contributed by atoms with E-state index in [4.69, 9.17) is 0 Å². The molecule has 2 aromatic rings. The van der Waals surface area contributed by atoms with Gasteiger partial charge in [-0.25, -0.2) is 0 Å². The van der Waals surface area contributed by atoms with Crippen molar-refractivity contribution >= 4 is 16.6 Å². The molecular weight excluding hydrogens is 196 g/mol. The number of nitrogens with one attached hydrogen (secondary N) is 2. The summed E-state index contributed by atoms with van der Waals surface area (Å²) in [5, 5.41) is 4.75. The Morgan fingerprint density at radius 2 is 2.06 bits per heavy atom. The van der Waals surface area contributed by atoms with Gasteiger partial charge in [0.1, 0.15) is 0 Å². The third kappa shape index (κ3) is 2.78. The second-order valence-corrected chi connectivity index (χ2v) is 4.27. The number of anilines is 1. The molecule has 0 aliphatic carbocycles. The molecule has 16 heavy (non-hydrogen) atoms. The van der Waals surface area contributed by atoms with Crippen LogP contribution in [0.3, 0.4) is 0 Å². The molecule has 0 atom stereocenters. The zero-order valence-electron chi connectivity index (χ0n) is 9.92. The van der Waals surface area contributed by atoms with Gasteiger partial charge in [-0.05, 0) is 30.7 Å². The van der Waals surface area contributed by atoms with Crippen molar-refractivity contribution < 1.29 is 0 Å². The maximum absolute atomic E-state index is 3.47. The molecule has 0 aliphatic heterocycles. The van der Waals surface area contributed by atoms with Crippen LogP contribution in [0.2, 0.25) is 0 Å². The van der Waals surface area contributed by atoms with Gasteiger partial charge in [-0.3, -0.25) is 0 Å². The van der Waals surface area contributed by atoms with E-state index < -0.39 is 0 Å². The molecule has 2 N–H and O–H groups in total. The Hall–Kier alpha value is -1.44. The van der Waals surface area contributed by atoms with E-state index >= 15 is 0 Å². The van der Waals surface area contributed by atoms with Gasteiger partial charge in [0.05, 0.1) is 0 Å². The lowest BCUT2D eigenvalue weighted by Gasteiger charge is -2.06. The number of aromatic amines is 1. The lowest BCUT2D eigenvalue weighted by atomic mass is 10.2. The Morgan fingerprint density at radius 3 is 2.94 bits per heavy atom. The average Bonchev–Trinajstić information content (AvgIpc) is 2.76. The van der Waals surface area contributed by atoms with Crippen LogP contribution in [-0.4, -0.2) is 11.5 Å². The van der Waals surface area contributed by atoms with Crippen molar-refractivity contribution in [3.63, 3.8) is 0 Å². The molecule has 1 aromatic carbocycles. The van der Waals surface area contributed by atoms with Gasteiger partial charge in [0.15, 0.2) is 0 Å². The first-order valence-electron chi connectivity index (χ1n) is 6.21. The van der Waals surface area contributed by atoms with E-state index in [-0.39, 0.29) is 0 Å². The van der Waals surface area contributed by atoms with Crippen LogP contribution in [0.1, 0.15) is 32.6 Å². The van der Waals surface area contributed by atoms with Crippen LogP contribution in [0.25, 0.3) is 10.9 Å². The predicted octanol–water partition coefficient (Wildman–Crippen LogP) is 4.16. The van der Waals surface area contributed by atoms with E-state index in [1.54, 1.807) is 0 Å². The summed E-state index contributed by atoms with van der Waals surface area (Å²) >= 11 is 0. The molecule has 0 saturated carbocycles. The van der Waals surface area contributed by atoms with Gasteiger partial charge in [0.25, 0.3) is 0 Å². The van der Waals surface area contributed by atoms with Crippen molar-refractivity contribution in [3.8, 4) is 0 Å². The lowest BCUT2D eigenvalue weighted by molar-refractivity contribution is 0.685. The van der Waals surface area contributed by atoms with Crippen LogP contribution >= 0.6 is 0 Å². The van der Waals surface area contributed by atoms with Crippen LogP contribution in [0.5, 0.6) is 0 Å². The Balaban J connectivity index is 1.84. The first-order valence-corrected chi connectivity index (χ1v) is 6.21. The Bertz CT molecular complexity index is 431. The van der Waals surface area contributed by atoms with Gasteiger partial charge in [-0.1, -0.05) is 26.2 Å². The van der Waals surface area contributed by atoms with Crippen LogP contribution < -0.4 is 5.32 Å². The molecule has 1 heterocycles. The van der Waals surface area contributed by atoms with Gasteiger partial charge in [0, 0.05) is 29.3 Å². The molecule has 0 saturated heterocycles. The van der Waals surface area contributed by atoms with Crippen LogP contribution in [0.4, 0.5) is 5.69 Å². The standard InChI is InChI=1S/C14H20N2/c1-2-3-4-5-9-15-13-6-7-14-12(11-13)8-10-16-14/h6-8,10-11,15-16H,2-5,9H2,1H3. The van der Waals surface area contributed by atoms with E-state index in [0.29, 0.717) is 0 Å². The normalized spacial score (nSPS) is 10.8. The Labute approximate surface area is 97.1 Å². The minimum Gasteiger partial charge on any atom is -0.385 e. The van der Waals surface area contributed by atoms with Crippen LogP contribution in [0.15, 0.2) is 30.5 Å². The van der Waals surface area contributed by atoms with Crippen molar-refractivity contribution in [3.05, 3.63) is 30.5 Å². The highest BCUT2D eigenvalue weighted by molar-refractivity contribution is 5.82. The number of aromatic nitrogens is 1. The van der Waals surface area contributed by atoms with E-state index in [1.807, 2.05) is 6.20 Å². The van der Waals surface area contributed by atoms with Gasteiger partial charge < -0.3 is 10.3 Å². The summed E-state index contributed by atoms with van der Waals surface area (Å²) in [5.74, 6) is 0. The fourth-order valence-corrected chi connectivity index (χ4v) is 1.95. The minimum atomic E-state index is 1.08. The summed E-state index contributed by atoms with van der Waals surface area (Å²) in [6, 6.07) is 8.58. The van der Waals surface area contributed by atoms with Crippen molar-refractivity contribution in [2.24, 2.45) is 0 Å². The summed E-state index contributed by atoms with van der Waals surface area (Å²) in [6.07, 6.45) is 7.22. The van der Waals surface area contributed by atoms with E-state index in [9.17, 15) is 0 Å². The highest BCUT2D eigenvalue weighted by atomic mass is 14.9. The number of hydrogen-bond acceptors (Lipinski definition) is 1. The predicted molar refractivity (Wildman–Crippen MR) is 70.9 cm³/mol. The Morgan fingerprint density at radius 1 is 1.12 bits per heavy atom. The van der Waals surface area contributed by atoms with Crippen molar-refractivity contribution in [2.45, 2.75) is 32.6 Å². The quantitative estimate of drug-likeness (QED) is 0.697. The summed E-state index contributed by atoms with van der Waals surface area (Å²) in [6.45, 7) is 3.32. The molecule has 2 nitrogen and oxygen atoms in total. The molecule has 0 spiro atoms. The first kappa shape index (κ1) is 11.1. The molecule has 1 aromatic heterocycles. The van der Waals surface area contributed by atoms with Gasteiger partial charge in [-0.15, -0.1) is 0 Å².